The molecule has 0 aliphatic carbocycles. The summed E-state index contributed by atoms with van der Waals surface area (Å²) in [7, 11) is 3.15. The lowest BCUT2D eigenvalue weighted by atomic mass is 10.0. The summed E-state index contributed by atoms with van der Waals surface area (Å²) in [6, 6.07) is 24.2. The third-order valence-corrected chi connectivity index (χ3v) is 6.31. The fourth-order valence-corrected chi connectivity index (χ4v) is 4.63. The molecule has 166 valence electrons. The van der Waals surface area contributed by atoms with Crippen LogP contribution in [-0.2, 0) is 0 Å². The smallest absolute Gasteiger partial charge is 0.197 e. The molecule has 0 amide bonds. The second-order valence-electron chi connectivity index (χ2n) is 8.16. The van der Waals surface area contributed by atoms with Gasteiger partial charge >= 0.3 is 0 Å². The summed E-state index contributed by atoms with van der Waals surface area (Å²) in [5.74, 6) is 1.22. The lowest BCUT2D eigenvalue weighted by Gasteiger charge is -2.17. The molecule has 0 spiro atoms. The zero-order valence-corrected chi connectivity index (χ0v) is 18.6. The van der Waals surface area contributed by atoms with Gasteiger partial charge in [0, 0.05) is 21.8 Å². The highest BCUT2D eigenvalue weighted by molar-refractivity contribution is 6.04. The van der Waals surface area contributed by atoms with E-state index in [1.54, 1.807) is 44.6 Å². The van der Waals surface area contributed by atoms with Crippen LogP contribution in [0.5, 0.6) is 11.5 Å². The minimum atomic E-state index is -0.119. The summed E-state index contributed by atoms with van der Waals surface area (Å²) in [4.78, 5) is 30.5. The van der Waals surface area contributed by atoms with Gasteiger partial charge in [-0.25, -0.2) is 0 Å². The zero-order chi connectivity index (χ0) is 23.4. The first kappa shape index (κ1) is 20.1. The van der Waals surface area contributed by atoms with Gasteiger partial charge in [0.2, 0.25) is 0 Å². The molecule has 34 heavy (non-hydrogen) atoms. The standard InChI is InChI=1S/C28H20N2O4/c1-33-17-8-10-23-19(12-17)27(31)20-15-26-22(14-24(20)29-23)28(32)21-13-18(34-2)9-11-25(21)30(26)16-6-4-3-5-7-16/h3-15H,1-2H3,(H,29,31). The van der Waals surface area contributed by atoms with E-state index in [1.165, 1.54) is 0 Å². The van der Waals surface area contributed by atoms with E-state index in [4.69, 9.17) is 9.47 Å². The van der Waals surface area contributed by atoms with E-state index in [0.29, 0.717) is 49.6 Å². The van der Waals surface area contributed by atoms with Crippen LogP contribution >= 0.6 is 0 Å². The molecular formula is C28H20N2O4. The van der Waals surface area contributed by atoms with Crippen molar-refractivity contribution in [3.8, 4) is 17.2 Å². The normalized spacial score (nSPS) is 11.5. The highest BCUT2D eigenvalue weighted by Gasteiger charge is 2.16. The molecule has 0 bridgehead atoms. The average molecular weight is 448 g/mol. The number of rotatable bonds is 3. The maximum absolute atomic E-state index is 13.6. The van der Waals surface area contributed by atoms with Gasteiger partial charge in [-0.15, -0.1) is 0 Å². The number of benzene rings is 4. The van der Waals surface area contributed by atoms with Gasteiger partial charge in [-0.2, -0.15) is 0 Å². The first-order valence-corrected chi connectivity index (χ1v) is 10.8. The monoisotopic (exact) mass is 448 g/mol. The molecule has 1 N–H and O–H groups in total. The second-order valence-corrected chi connectivity index (χ2v) is 8.16. The van der Waals surface area contributed by atoms with E-state index in [-0.39, 0.29) is 10.9 Å². The Morgan fingerprint density at radius 1 is 0.618 bits per heavy atom. The molecule has 0 unspecified atom stereocenters. The van der Waals surface area contributed by atoms with Crippen LogP contribution in [0.1, 0.15) is 0 Å². The van der Waals surface area contributed by atoms with E-state index in [0.717, 1.165) is 11.2 Å². The zero-order valence-electron chi connectivity index (χ0n) is 18.6. The minimum Gasteiger partial charge on any atom is -0.497 e. The summed E-state index contributed by atoms with van der Waals surface area (Å²) in [6.07, 6.45) is 0. The van der Waals surface area contributed by atoms with Crippen LogP contribution in [0.25, 0.3) is 49.3 Å². The second kappa shape index (κ2) is 7.49. The highest BCUT2D eigenvalue weighted by Crippen LogP contribution is 2.29. The Morgan fingerprint density at radius 2 is 1.24 bits per heavy atom. The van der Waals surface area contributed by atoms with E-state index in [2.05, 4.69) is 4.98 Å². The van der Waals surface area contributed by atoms with Gasteiger partial charge in [0.05, 0.1) is 41.7 Å². The van der Waals surface area contributed by atoms with Crippen LogP contribution in [0.15, 0.2) is 88.5 Å². The molecule has 6 nitrogen and oxygen atoms in total. The summed E-state index contributed by atoms with van der Waals surface area (Å²) in [5.41, 5.74) is 3.34. The molecule has 2 aromatic heterocycles. The largest absolute Gasteiger partial charge is 0.497 e. The average Bonchev–Trinajstić information content (AvgIpc) is 2.89. The Kier molecular flexibility index (Phi) is 4.42. The number of nitrogens with one attached hydrogen (secondary N) is 1. The fraction of sp³-hybridized carbons (Fsp3) is 0.0714. The van der Waals surface area contributed by atoms with Gasteiger partial charge < -0.3 is 19.0 Å². The van der Waals surface area contributed by atoms with Crippen molar-refractivity contribution >= 4 is 43.6 Å². The Balaban J connectivity index is 1.83. The third kappa shape index (κ3) is 2.89. The summed E-state index contributed by atoms with van der Waals surface area (Å²) < 4.78 is 12.7. The maximum atomic E-state index is 13.6. The van der Waals surface area contributed by atoms with Crippen molar-refractivity contribution in [1.82, 2.24) is 9.55 Å². The van der Waals surface area contributed by atoms with Crippen LogP contribution in [0.4, 0.5) is 0 Å². The molecule has 6 rings (SSSR count). The predicted molar refractivity (Wildman–Crippen MR) is 136 cm³/mol. The number of nitrogens with zero attached hydrogens (tertiary/aromatic N) is 1. The fourth-order valence-electron chi connectivity index (χ4n) is 4.63. The molecular weight excluding hydrogens is 428 g/mol. The summed E-state index contributed by atoms with van der Waals surface area (Å²) in [5, 5.41) is 2.10. The lowest BCUT2D eigenvalue weighted by molar-refractivity contribution is 0.415. The van der Waals surface area contributed by atoms with Crippen molar-refractivity contribution in [2.45, 2.75) is 0 Å². The molecule has 6 aromatic rings. The Labute approximate surface area is 193 Å². The molecule has 0 aliphatic rings. The van der Waals surface area contributed by atoms with E-state index < -0.39 is 0 Å². The number of aromatic nitrogens is 2. The number of para-hydroxylation sites is 1. The number of hydrogen-bond donors (Lipinski definition) is 1. The first-order valence-electron chi connectivity index (χ1n) is 10.8. The molecule has 0 atom stereocenters. The van der Waals surface area contributed by atoms with Gasteiger partial charge in [-0.3, -0.25) is 9.59 Å². The van der Waals surface area contributed by atoms with Gasteiger partial charge in [-0.1, -0.05) is 18.2 Å². The van der Waals surface area contributed by atoms with Crippen molar-refractivity contribution in [3.63, 3.8) is 0 Å². The number of hydrogen-bond acceptors (Lipinski definition) is 4. The SMILES string of the molecule is COc1ccc2[nH]c3cc4c(=O)c5cc(OC)ccc5n(-c5ccccc5)c4cc3c(=O)c2c1. The highest BCUT2D eigenvalue weighted by atomic mass is 16.5. The summed E-state index contributed by atoms with van der Waals surface area (Å²) in [6.45, 7) is 0. The van der Waals surface area contributed by atoms with Crippen molar-refractivity contribution in [2.75, 3.05) is 14.2 Å². The Bertz CT molecular complexity index is 1870. The van der Waals surface area contributed by atoms with Gasteiger partial charge in [0.1, 0.15) is 11.5 Å². The number of fused-ring (bicyclic) bond motifs is 4. The number of aromatic amines is 1. The van der Waals surface area contributed by atoms with Crippen LogP contribution in [0.3, 0.4) is 0 Å². The molecule has 0 saturated carbocycles. The van der Waals surface area contributed by atoms with Crippen LogP contribution in [-0.4, -0.2) is 23.8 Å². The van der Waals surface area contributed by atoms with Crippen molar-refractivity contribution in [2.24, 2.45) is 0 Å². The topological polar surface area (TPSA) is 73.3 Å². The van der Waals surface area contributed by atoms with E-state index in [1.807, 2.05) is 53.1 Å². The Hall–Kier alpha value is -4.58. The quantitative estimate of drug-likeness (QED) is 0.380. The molecule has 4 aromatic carbocycles. The van der Waals surface area contributed by atoms with Gasteiger partial charge in [0.25, 0.3) is 0 Å². The number of methoxy groups -OCH3 is 2. The lowest BCUT2D eigenvalue weighted by Crippen LogP contribution is -2.12. The minimum absolute atomic E-state index is 0.117. The number of pyridine rings is 2. The van der Waals surface area contributed by atoms with Gasteiger partial charge in [0.15, 0.2) is 10.9 Å². The molecule has 6 heteroatoms. The predicted octanol–water partition coefficient (Wildman–Crippen LogP) is 5.16. The van der Waals surface area contributed by atoms with Crippen LogP contribution < -0.4 is 20.3 Å². The van der Waals surface area contributed by atoms with Crippen molar-refractivity contribution in [3.05, 3.63) is 99.3 Å². The third-order valence-electron chi connectivity index (χ3n) is 6.31. The molecule has 0 fully saturated rings. The summed E-state index contributed by atoms with van der Waals surface area (Å²) >= 11 is 0. The first-order chi connectivity index (χ1) is 16.6. The van der Waals surface area contributed by atoms with Crippen LogP contribution in [0, 0.1) is 0 Å². The molecule has 0 saturated heterocycles. The van der Waals surface area contributed by atoms with Gasteiger partial charge in [-0.05, 0) is 60.7 Å². The Morgan fingerprint density at radius 3 is 1.97 bits per heavy atom. The van der Waals surface area contributed by atoms with E-state index >= 15 is 0 Å². The van der Waals surface area contributed by atoms with Crippen molar-refractivity contribution < 1.29 is 9.47 Å². The molecule has 2 heterocycles. The van der Waals surface area contributed by atoms with Crippen molar-refractivity contribution in [1.29, 1.82) is 0 Å². The van der Waals surface area contributed by atoms with E-state index in [9.17, 15) is 9.59 Å². The number of ether oxygens (including phenoxy) is 2. The molecule has 0 aliphatic heterocycles. The number of H-pyrrole nitrogens is 1. The molecule has 0 radical (unpaired) electrons. The maximum Gasteiger partial charge on any atom is 0.197 e. The van der Waals surface area contributed by atoms with Crippen LogP contribution in [0.2, 0.25) is 0 Å².